The number of carbonyl (C=O) groups is 1. The van der Waals surface area contributed by atoms with E-state index in [-0.39, 0.29) is 5.91 Å². The summed E-state index contributed by atoms with van der Waals surface area (Å²) in [7, 11) is 1.04. The molecule has 0 fully saturated rings. The van der Waals surface area contributed by atoms with Crippen molar-refractivity contribution in [1.29, 1.82) is 0 Å². The van der Waals surface area contributed by atoms with Gasteiger partial charge in [0.25, 0.3) is 5.91 Å². The van der Waals surface area contributed by atoms with E-state index >= 15 is 0 Å². The van der Waals surface area contributed by atoms with E-state index in [1.165, 1.54) is 14.1 Å². The van der Waals surface area contributed by atoms with Crippen molar-refractivity contribution in [3.05, 3.63) is 23.5 Å². The van der Waals surface area contributed by atoms with Crippen molar-refractivity contribution >= 4 is 32.8 Å². The van der Waals surface area contributed by atoms with Crippen molar-refractivity contribution in [3.8, 4) is 0 Å². The van der Waals surface area contributed by atoms with Gasteiger partial charge in [-0.05, 0) is 31.4 Å². The Morgan fingerprint density at radius 3 is 2.60 bits per heavy atom. The number of anilines is 1. The van der Waals surface area contributed by atoms with E-state index in [1.807, 2.05) is 18.5 Å². The number of imidazole rings is 1. The molecule has 10 heteroatoms. The van der Waals surface area contributed by atoms with Crippen molar-refractivity contribution < 1.29 is 17.9 Å². The van der Waals surface area contributed by atoms with Gasteiger partial charge in [-0.1, -0.05) is 13.8 Å². The molecule has 0 saturated carbocycles. The first-order valence-electron chi connectivity index (χ1n) is 10.1. The van der Waals surface area contributed by atoms with Crippen LogP contribution < -0.4 is 10.0 Å². The number of nitrogens with zero attached hydrogens (tertiary/aromatic N) is 3. The average Bonchev–Trinajstić information content (AvgIpc) is 2.95. The summed E-state index contributed by atoms with van der Waals surface area (Å²) in [6.45, 7) is 7.79. The lowest BCUT2D eigenvalue weighted by Gasteiger charge is -2.15. The standard InChI is InChI=1S/C20H33N5O4S/c1-7-29-10-8-9-21-20(26)16-12-15(23-30(27,28)24(4)5)13-17-19(16)25(6)18(22-17)11-14(2)3/h12-14,23H,7-11H2,1-6H3,(H,21,26). The smallest absolute Gasteiger partial charge is 0.301 e. The van der Waals surface area contributed by atoms with Crippen LogP contribution in [0.4, 0.5) is 5.69 Å². The van der Waals surface area contributed by atoms with Gasteiger partial charge in [0, 0.05) is 47.3 Å². The molecule has 2 N–H and O–H groups in total. The number of hydrogen-bond acceptors (Lipinski definition) is 5. The van der Waals surface area contributed by atoms with E-state index in [0.717, 1.165) is 16.6 Å². The molecule has 1 aromatic carbocycles. The monoisotopic (exact) mass is 439 g/mol. The lowest BCUT2D eigenvalue weighted by molar-refractivity contribution is 0.0945. The summed E-state index contributed by atoms with van der Waals surface area (Å²) in [4.78, 5) is 17.6. The molecule has 30 heavy (non-hydrogen) atoms. The molecule has 1 amide bonds. The van der Waals surface area contributed by atoms with E-state index in [0.29, 0.717) is 54.4 Å². The van der Waals surface area contributed by atoms with Crippen molar-refractivity contribution in [3.63, 3.8) is 0 Å². The predicted octanol–water partition coefficient (Wildman–Crippen LogP) is 2.15. The van der Waals surface area contributed by atoms with E-state index in [1.54, 1.807) is 12.1 Å². The molecule has 1 heterocycles. The van der Waals surface area contributed by atoms with E-state index < -0.39 is 10.2 Å². The summed E-state index contributed by atoms with van der Waals surface area (Å²) in [6, 6.07) is 3.22. The van der Waals surface area contributed by atoms with Crippen LogP contribution in [0.2, 0.25) is 0 Å². The molecule has 1 aromatic heterocycles. The van der Waals surface area contributed by atoms with Crippen LogP contribution in [0.25, 0.3) is 11.0 Å². The molecular weight excluding hydrogens is 406 g/mol. The largest absolute Gasteiger partial charge is 0.382 e. The Morgan fingerprint density at radius 2 is 2.00 bits per heavy atom. The molecule has 0 atom stereocenters. The molecule has 0 aliphatic heterocycles. The van der Waals surface area contributed by atoms with E-state index in [2.05, 4.69) is 28.9 Å². The molecule has 9 nitrogen and oxygen atoms in total. The minimum absolute atomic E-state index is 0.276. The number of fused-ring (bicyclic) bond motifs is 1. The second kappa shape index (κ2) is 10.2. The van der Waals surface area contributed by atoms with Crippen LogP contribution in [0.3, 0.4) is 0 Å². The molecule has 0 unspecified atom stereocenters. The average molecular weight is 440 g/mol. The van der Waals surface area contributed by atoms with Crippen molar-refractivity contribution in [2.24, 2.45) is 13.0 Å². The van der Waals surface area contributed by atoms with Crippen LogP contribution in [0.1, 0.15) is 43.4 Å². The SMILES string of the molecule is CCOCCCNC(=O)c1cc(NS(=O)(=O)N(C)C)cc2nc(CC(C)C)n(C)c12. The Balaban J connectivity index is 2.44. The van der Waals surface area contributed by atoms with Gasteiger partial charge >= 0.3 is 10.2 Å². The van der Waals surface area contributed by atoms with E-state index in [4.69, 9.17) is 4.74 Å². The van der Waals surface area contributed by atoms with Gasteiger partial charge < -0.3 is 14.6 Å². The fraction of sp³-hybridized carbons (Fsp3) is 0.600. The summed E-state index contributed by atoms with van der Waals surface area (Å²) < 4.78 is 35.4. The zero-order valence-corrected chi connectivity index (χ0v) is 19.5. The van der Waals surface area contributed by atoms with Gasteiger partial charge in [0.1, 0.15) is 5.82 Å². The van der Waals surface area contributed by atoms with Gasteiger partial charge in [0.15, 0.2) is 0 Å². The van der Waals surface area contributed by atoms with E-state index in [9.17, 15) is 13.2 Å². The van der Waals surface area contributed by atoms with Crippen LogP contribution in [0.5, 0.6) is 0 Å². The number of aromatic nitrogens is 2. The van der Waals surface area contributed by atoms with Gasteiger partial charge in [-0.3, -0.25) is 9.52 Å². The van der Waals surface area contributed by atoms with Crippen LogP contribution in [0, 0.1) is 5.92 Å². The number of ether oxygens (including phenoxy) is 1. The summed E-state index contributed by atoms with van der Waals surface area (Å²) in [5.41, 5.74) is 1.93. The van der Waals surface area contributed by atoms with Crippen LogP contribution in [-0.2, 0) is 28.4 Å². The third-order valence-electron chi connectivity index (χ3n) is 4.58. The zero-order valence-electron chi connectivity index (χ0n) is 18.7. The summed E-state index contributed by atoms with van der Waals surface area (Å²) in [5.74, 6) is 0.961. The molecule has 0 saturated heterocycles. The number of hydrogen-bond donors (Lipinski definition) is 2. The highest BCUT2D eigenvalue weighted by atomic mass is 32.2. The maximum atomic E-state index is 12.9. The normalized spacial score (nSPS) is 12.1. The van der Waals surface area contributed by atoms with Crippen LogP contribution in [0.15, 0.2) is 12.1 Å². The second-order valence-electron chi connectivity index (χ2n) is 7.77. The molecule has 0 radical (unpaired) electrons. The molecule has 168 valence electrons. The van der Waals surface area contributed by atoms with Gasteiger partial charge in [-0.2, -0.15) is 12.7 Å². The van der Waals surface area contributed by atoms with Crippen LogP contribution >= 0.6 is 0 Å². The van der Waals surface area contributed by atoms with Gasteiger partial charge in [-0.15, -0.1) is 0 Å². The maximum absolute atomic E-state index is 12.9. The molecular formula is C20H33N5O4S. The first-order chi connectivity index (χ1) is 14.1. The van der Waals surface area contributed by atoms with Gasteiger partial charge in [0.05, 0.1) is 22.3 Å². The first kappa shape index (κ1) is 24.1. The third-order valence-corrected chi connectivity index (χ3v) is 6.04. The highest BCUT2D eigenvalue weighted by molar-refractivity contribution is 7.90. The van der Waals surface area contributed by atoms with Gasteiger partial charge in [-0.25, -0.2) is 4.98 Å². The minimum Gasteiger partial charge on any atom is -0.382 e. The Hall–Kier alpha value is -2.17. The highest BCUT2D eigenvalue weighted by Gasteiger charge is 2.21. The molecule has 2 aromatic rings. The number of rotatable bonds is 11. The predicted molar refractivity (Wildman–Crippen MR) is 119 cm³/mol. The number of benzene rings is 1. The first-order valence-corrected chi connectivity index (χ1v) is 11.6. The highest BCUT2D eigenvalue weighted by Crippen LogP contribution is 2.26. The Morgan fingerprint density at radius 1 is 1.30 bits per heavy atom. The number of amides is 1. The fourth-order valence-corrected chi connectivity index (χ4v) is 3.63. The lowest BCUT2D eigenvalue weighted by atomic mass is 10.1. The zero-order chi connectivity index (χ0) is 22.5. The summed E-state index contributed by atoms with van der Waals surface area (Å²) in [5, 5.41) is 2.89. The van der Waals surface area contributed by atoms with Crippen molar-refractivity contribution in [2.45, 2.75) is 33.6 Å². The Labute approximate surface area is 179 Å². The molecule has 0 bridgehead atoms. The quantitative estimate of drug-likeness (QED) is 0.522. The Kier molecular flexibility index (Phi) is 8.22. The molecule has 2 rings (SSSR count). The number of nitrogens with one attached hydrogen (secondary N) is 2. The minimum atomic E-state index is -3.71. The maximum Gasteiger partial charge on any atom is 0.301 e. The summed E-state index contributed by atoms with van der Waals surface area (Å²) >= 11 is 0. The van der Waals surface area contributed by atoms with Gasteiger partial charge in [0.2, 0.25) is 0 Å². The fourth-order valence-electron chi connectivity index (χ4n) is 3.04. The third kappa shape index (κ3) is 5.93. The van der Waals surface area contributed by atoms with Crippen molar-refractivity contribution in [1.82, 2.24) is 19.2 Å². The molecule has 0 aliphatic rings. The molecule has 0 spiro atoms. The topological polar surface area (TPSA) is 106 Å². The number of aryl methyl sites for hydroxylation is 1. The lowest BCUT2D eigenvalue weighted by Crippen LogP contribution is -2.29. The van der Waals surface area contributed by atoms with Crippen LogP contribution in [-0.4, -0.2) is 62.0 Å². The Bertz CT molecular complexity index is 983. The summed E-state index contributed by atoms with van der Waals surface area (Å²) in [6.07, 6.45) is 1.44. The van der Waals surface area contributed by atoms with Crippen molar-refractivity contribution in [2.75, 3.05) is 38.6 Å². The number of carbonyl (C=O) groups excluding carboxylic acids is 1. The second-order valence-corrected chi connectivity index (χ2v) is 9.66. The molecule has 0 aliphatic carbocycles.